The molecule has 2 saturated heterocycles. The Morgan fingerprint density at radius 3 is 2.35 bits per heavy atom. The second-order valence-electron chi connectivity index (χ2n) is 12.6. The molecule has 0 atom stereocenters. The number of sulfonamides is 1. The summed E-state index contributed by atoms with van der Waals surface area (Å²) >= 11 is 0. The highest BCUT2D eigenvalue weighted by Crippen LogP contribution is 2.54. The topological polar surface area (TPSA) is 142 Å². The van der Waals surface area contributed by atoms with Crippen molar-refractivity contribution in [3.8, 4) is 16.9 Å². The van der Waals surface area contributed by atoms with Crippen molar-refractivity contribution in [2.45, 2.75) is 44.4 Å². The van der Waals surface area contributed by atoms with E-state index in [1.54, 1.807) is 47.5 Å². The predicted octanol–water partition coefficient (Wildman–Crippen LogP) is 4.55. The zero-order chi connectivity index (χ0) is 32.3. The van der Waals surface area contributed by atoms with E-state index in [1.807, 2.05) is 0 Å². The van der Waals surface area contributed by atoms with Gasteiger partial charge in [0, 0.05) is 50.0 Å². The average Bonchev–Trinajstić information content (AvgIpc) is 3.58. The highest BCUT2D eigenvalue weighted by molar-refractivity contribution is 7.92. The lowest BCUT2D eigenvalue weighted by Crippen LogP contribution is -2.40. The predicted molar refractivity (Wildman–Crippen MR) is 170 cm³/mol. The molecule has 0 amide bonds. The summed E-state index contributed by atoms with van der Waals surface area (Å²) in [6.45, 7) is 0.988. The van der Waals surface area contributed by atoms with Crippen LogP contribution in [-0.2, 0) is 10.0 Å². The van der Waals surface area contributed by atoms with E-state index in [4.69, 9.17) is 5.73 Å². The Bertz CT molecular complexity index is 1890. The van der Waals surface area contributed by atoms with Crippen molar-refractivity contribution in [1.29, 1.82) is 0 Å². The fourth-order valence-electron chi connectivity index (χ4n) is 6.56. The average molecular weight is 657 g/mol. The minimum Gasteiger partial charge on any atom is -0.395 e. The molecule has 4 N–H and O–H groups in total. The van der Waals surface area contributed by atoms with Gasteiger partial charge in [0.25, 0.3) is 5.92 Å². The first-order chi connectivity index (χ1) is 21.9. The number of nitrogen functional groups attached to an aromatic ring is 1. The molecular formula is C31H35F3N8O3S. The molecule has 0 radical (unpaired) electrons. The van der Waals surface area contributed by atoms with Crippen molar-refractivity contribution in [3.63, 3.8) is 0 Å². The zero-order valence-electron chi connectivity index (χ0n) is 25.1. The van der Waals surface area contributed by atoms with Crippen molar-refractivity contribution < 1.29 is 26.7 Å². The normalized spacial score (nSPS) is 19.1. The smallest absolute Gasteiger partial charge is 0.251 e. The number of nitrogens with one attached hydrogen (secondary N) is 1. The van der Waals surface area contributed by atoms with Gasteiger partial charge < -0.3 is 20.6 Å². The molecule has 4 heterocycles. The first kappa shape index (κ1) is 30.5. The van der Waals surface area contributed by atoms with Crippen LogP contribution < -0.4 is 20.3 Å². The van der Waals surface area contributed by atoms with Crippen LogP contribution in [0.4, 0.5) is 36.1 Å². The zero-order valence-corrected chi connectivity index (χ0v) is 25.9. The number of nitrogens with zero attached hydrogens (tertiary/aromatic N) is 6. The highest BCUT2D eigenvalue weighted by atomic mass is 32.2. The van der Waals surface area contributed by atoms with Gasteiger partial charge in [-0.3, -0.25) is 4.72 Å². The summed E-state index contributed by atoms with van der Waals surface area (Å²) in [7, 11) is -3.75. The summed E-state index contributed by atoms with van der Waals surface area (Å²) in [5.41, 5.74) is 8.83. The van der Waals surface area contributed by atoms with Gasteiger partial charge in [-0.25, -0.2) is 31.3 Å². The molecule has 4 aromatic rings. The van der Waals surface area contributed by atoms with E-state index in [9.17, 15) is 22.3 Å². The van der Waals surface area contributed by atoms with E-state index >= 15 is 4.39 Å². The van der Waals surface area contributed by atoms with Gasteiger partial charge in [-0.1, -0.05) is 5.21 Å². The Balaban J connectivity index is 1.28. The number of fused-ring (bicyclic) bond motifs is 1. The standard InChI is InChI=1S/C31H35F3N8O3S/c32-27-22(17-20-1-4-26(35)36-28(20)29(27)41-13-9-31(33,34)10-14-41)23-19-42(39-37-23)24-3-2-21(38-46(44,45)16-15-43)18-25(24)40-11-7-30(5-6-30)8-12-40/h1-4,17-19,38,43H,5-16H2,(H2,35,36). The number of anilines is 4. The number of aliphatic hydroxyl groups excluding tert-OH is 1. The molecule has 11 nitrogen and oxygen atoms in total. The van der Waals surface area contributed by atoms with Crippen molar-refractivity contribution in [1.82, 2.24) is 20.0 Å². The van der Waals surface area contributed by atoms with Crippen LogP contribution in [0.2, 0.25) is 0 Å². The Morgan fingerprint density at radius 1 is 0.935 bits per heavy atom. The maximum absolute atomic E-state index is 16.5. The van der Waals surface area contributed by atoms with E-state index in [2.05, 4.69) is 24.9 Å². The van der Waals surface area contributed by atoms with Crippen LogP contribution in [0.15, 0.2) is 42.6 Å². The van der Waals surface area contributed by atoms with Gasteiger partial charge in [0.05, 0.1) is 41.1 Å². The van der Waals surface area contributed by atoms with Crippen molar-refractivity contribution in [2.24, 2.45) is 5.41 Å². The summed E-state index contributed by atoms with van der Waals surface area (Å²) in [6.07, 6.45) is 5.31. The third-order valence-corrected chi connectivity index (χ3v) is 10.7. The molecule has 46 heavy (non-hydrogen) atoms. The number of hydrogen-bond donors (Lipinski definition) is 3. The summed E-state index contributed by atoms with van der Waals surface area (Å²) in [5, 5.41) is 18.4. The van der Waals surface area contributed by atoms with Gasteiger partial charge in [0.2, 0.25) is 10.0 Å². The number of rotatable bonds is 8. The maximum atomic E-state index is 16.5. The molecule has 0 unspecified atom stereocenters. The van der Waals surface area contributed by atoms with Gasteiger partial charge in [-0.05, 0) is 67.5 Å². The Morgan fingerprint density at radius 2 is 1.65 bits per heavy atom. The lowest BCUT2D eigenvalue weighted by Gasteiger charge is -2.35. The summed E-state index contributed by atoms with van der Waals surface area (Å²) in [6, 6.07) is 10.0. The van der Waals surface area contributed by atoms with Crippen LogP contribution in [0.1, 0.15) is 38.5 Å². The Labute approximate surface area is 264 Å². The number of benzene rings is 2. The number of pyridine rings is 1. The minimum atomic E-state index is -3.75. The molecule has 7 rings (SSSR count). The van der Waals surface area contributed by atoms with E-state index in [0.29, 0.717) is 27.7 Å². The van der Waals surface area contributed by atoms with Crippen LogP contribution in [0.3, 0.4) is 0 Å². The van der Waals surface area contributed by atoms with Crippen LogP contribution in [0, 0.1) is 11.2 Å². The van der Waals surface area contributed by atoms with Crippen LogP contribution in [0.5, 0.6) is 0 Å². The molecule has 244 valence electrons. The summed E-state index contributed by atoms with van der Waals surface area (Å²) in [4.78, 5) is 8.14. The molecule has 1 saturated carbocycles. The second-order valence-corrected chi connectivity index (χ2v) is 14.5. The highest BCUT2D eigenvalue weighted by Gasteiger charge is 2.44. The third kappa shape index (κ3) is 5.93. The van der Waals surface area contributed by atoms with Gasteiger partial charge in [-0.15, -0.1) is 5.10 Å². The lowest BCUT2D eigenvalue weighted by atomic mass is 9.93. The molecule has 2 aromatic carbocycles. The Kier molecular flexibility index (Phi) is 7.50. The number of aliphatic hydroxyl groups is 1. The molecule has 3 aliphatic rings. The monoisotopic (exact) mass is 656 g/mol. The lowest BCUT2D eigenvalue weighted by molar-refractivity contribution is -0.0221. The number of halogens is 3. The van der Waals surface area contributed by atoms with E-state index in [0.717, 1.165) is 31.6 Å². The quantitative estimate of drug-likeness (QED) is 0.249. The first-order valence-electron chi connectivity index (χ1n) is 15.4. The third-order valence-electron chi connectivity index (χ3n) is 9.47. The van der Waals surface area contributed by atoms with E-state index in [-0.39, 0.29) is 35.9 Å². The van der Waals surface area contributed by atoms with E-state index in [1.165, 1.54) is 17.5 Å². The van der Waals surface area contributed by atoms with Crippen LogP contribution >= 0.6 is 0 Å². The largest absolute Gasteiger partial charge is 0.395 e. The molecule has 1 spiro atoms. The molecule has 0 bridgehead atoms. The number of piperidine rings is 2. The fraction of sp³-hybridized carbons (Fsp3) is 0.452. The van der Waals surface area contributed by atoms with Gasteiger partial charge in [0.15, 0.2) is 5.82 Å². The number of alkyl halides is 2. The molecule has 3 fully saturated rings. The van der Waals surface area contributed by atoms with Gasteiger partial charge >= 0.3 is 0 Å². The van der Waals surface area contributed by atoms with Gasteiger partial charge in [0.1, 0.15) is 17.2 Å². The molecular weight excluding hydrogens is 621 g/mol. The number of nitrogens with two attached hydrogens (primary N) is 1. The minimum absolute atomic E-state index is 0.0411. The van der Waals surface area contributed by atoms with Crippen LogP contribution in [0.25, 0.3) is 27.8 Å². The van der Waals surface area contributed by atoms with E-state index < -0.39 is 47.0 Å². The van der Waals surface area contributed by atoms with Crippen LogP contribution in [-0.4, -0.2) is 78.0 Å². The maximum Gasteiger partial charge on any atom is 0.251 e. The molecule has 2 aliphatic heterocycles. The number of hydrogen-bond acceptors (Lipinski definition) is 9. The van der Waals surface area contributed by atoms with Crippen molar-refractivity contribution >= 4 is 43.8 Å². The van der Waals surface area contributed by atoms with Crippen molar-refractivity contribution in [2.75, 3.05) is 58.8 Å². The van der Waals surface area contributed by atoms with Crippen molar-refractivity contribution in [3.05, 3.63) is 48.4 Å². The second kappa shape index (κ2) is 11.3. The summed E-state index contributed by atoms with van der Waals surface area (Å²) < 4.78 is 73.4. The first-order valence-corrected chi connectivity index (χ1v) is 17.1. The van der Waals surface area contributed by atoms with Gasteiger partial charge in [-0.2, -0.15) is 0 Å². The summed E-state index contributed by atoms with van der Waals surface area (Å²) in [5.74, 6) is -3.70. The molecule has 2 aromatic heterocycles. The molecule has 1 aliphatic carbocycles. The number of aromatic nitrogens is 4. The molecule has 15 heteroatoms. The Hall–Kier alpha value is -4.11. The SMILES string of the molecule is Nc1ccc2cc(-c3cn(-c4ccc(NS(=O)(=O)CCO)cc4N4CCC5(CC4)CC5)nn3)c(F)c(N3CCC(F)(F)CC3)c2n1. The fourth-order valence-corrected chi connectivity index (χ4v) is 7.39.